The van der Waals surface area contributed by atoms with Crippen molar-refractivity contribution in [2.24, 2.45) is 0 Å². The van der Waals surface area contributed by atoms with Crippen LogP contribution in [0.5, 0.6) is 0 Å². The number of aromatic nitrogens is 1. The van der Waals surface area contributed by atoms with Gasteiger partial charge >= 0.3 is 0 Å². The third kappa shape index (κ3) is 2.73. The van der Waals surface area contributed by atoms with Crippen LogP contribution < -0.4 is 11.1 Å². The zero-order chi connectivity index (χ0) is 13.2. The highest BCUT2D eigenvalue weighted by molar-refractivity contribution is 9.10. The first-order valence-electron chi connectivity index (χ1n) is 6.50. The van der Waals surface area contributed by atoms with Gasteiger partial charge in [-0.2, -0.15) is 0 Å². The Balaban J connectivity index is 1.90. The van der Waals surface area contributed by atoms with E-state index in [2.05, 4.69) is 49.3 Å². The van der Waals surface area contributed by atoms with Gasteiger partial charge in [-0.3, -0.25) is 4.90 Å². The SMILES string of the molecule is Nc1ncc2ccc(CN3CCNCC3)cc2c1Br. The number of halogens is 1. The first kappa shape index (κ1) is 12.8. The van der Waals surface area contributed by atoms with Crippen LogP contribution in [0.2, 0.25) is 0 Å². The fraction of sp³-hybridized carbons (Fsp3) is 0.357. The lowest BCUT2D eigenvalue weighted by molar-refractivity contribution is 0.233. The second-order valence-corrected chi connectivity index (χ2v) is 5.70. The summed E-state index contributed by atoms with van der Waals surface area (Å²) in [4.78, 5) is 6.63. The number of nitrogens with one attached hydrogen (secondary N) is 1. The molecule has 0 atom stereocenters. The number of nitrogens with zero attached hydrogens (tertiary/aromatic N) is 2. The number of anilines is 1. The van der Waals surface area contributed by atoms with Gasteiger partial charge in [0.25, 0.3) is 0 Å². The fourth-order valence-corrected chi connectivity index (χ4v) is 2.91. The number of hydrogen-bond donors (Lipinski definition) is 2. The summed E-state index contributed by atoms with van der Waals surface area (Å²) in [6.07, 6.45) is 1.82. The van der Waals surface area contributed by atoms with E-state index in [4.69, 9.17) is 5.73 Å². The highest BCUT2D eigenvalue weighted by Crippen LogP contribution is 2.28. The first-order valence-corrected chi connectivity index (χ1v) is 7.29. The lowest BCUT2D eigenvalue weighted by Crippen LogP contribution is -2.42. The number of hydrogen-bond acceptors (Lipinski definition) is 4. The van der Waals surface area contributed by atoms with Gasteiger partial charge in [0.2, 0.25) is 0 Å². The zero-order valence-electron chi connectivity index (χ0n) is 10.7. The fourth-order valence-electron chi connectivity index (χ4n) is 2.47. The molecule has 0 aliphatic carbocycles. The second kappa shape index (κ2) is 5.45. The van der Waals surface area contributed by atoms with E-state index in [0.29, 0.717) is 5.82 Å². The number of nitrogen functional groups attached to an aromatic ring is 1. The predicted octanol–water partition coefficient (Wildman–Crippen LogP) is 1.98. The molecule has 0 radical (unpaired) electrons. The molecule has 0 amide bonds. The van der Waals surface area contributed by atoms with Crippen molar-refractivity contribution in [3.05, 3.63) is 34.4 Å². The van der Waals surface area contributed by atoms with Crippen LogP contribution in [0, 0.1) is 0 Å². The molecule has 100 valence electrons. The Hall–Kier alpha value is -1.17. The van der Waals surface area contributed by atoms with Crippen molar-refractivity contribution in [2.75, 3.05) is 31.9 Å². The molecule has 2 heterocycles. The Morgan fingerprint density at radius 1 is 1.32 bits per heavy atom. The van der Waals surface area contributed by atoms with Crippen LogP contribution in [0.4, 0.5) is 5.82 Å². The maximum atomic E-state index is 5.84. The molecule has 1 saturated heterocycles. The van der Waals surface area contributed by atoms with Gasteiger partial charge in [0, 0.05) is 49.7 Å². The molecule has 1 aromatic carbocycles. The summed E-state index contributed by atoms with van der Waals surface area (Å²) in [5.41, 5.74) is 7.16. The van der Waals surface area contributed by atoms with Crippen molar-refractivity contribution in [3.8, 4) is 0 Å². The Labute approximate surface area is 121 Å². The second-order valence-electron chi connectivity index (χ2n) is 4.91. The van der Waals surface area contributed by atoms with E-state index in [1.54, 1.807) is 0 Å². The van der Waals surface area contributed by atoms with Gasteiger partial charge in [-0.25, -0.2) is 4.98 Å². The summed E-state index contributed by atoms with van der Waals surface area (Å²) < 4.78 is 0.896. The van der Waals surface area contributed by atoms with Gasteiger partial charge in [0.1, 0.15) is 5.82 Å². The molecule has 0 unspecified atom stereocenters. The minimum atomic E-state index is 0.548. The molecular formula is C14H17BrN4. The summed E-state index contributed by atoms with van der Waals surface area (Å²) in [5.74, 6) is 0.548. The van der Waals surface area contributed by atoms with E-state index in [0.717, 1.165) is 48.0 Å². The molecule has 1 aliphatic rings. The largest absolute Gasteiger partial charge is 0.383 e. The maximum Gasteiger partial charge on any atom is 0.138 e. The van der Waals surface area contributed by atoms with Gasteiger partial charge in [-0.1, -0.05) is 12.1 Å². The molecule has 0 saturated carbocycles. The molecule has 3 rings (SSSR count). The molecule has 5 heteroatoms. The number of fused-ring (bicyclic) bond motifs is 1. The lowest BCUT2D eigenvalue weighted by Gasteiger charge is -2.27. The highest BCUT2D eigenvalue weighted by atomic mass is 79.9. The smallest absolute Gasteiger partial charge is 0.138 e. The topological polar surface area (TPSA) is 54.2 Å². The van der Waals surface area contributed by atoms with Crippen molar-refractivity contribution >= 4 is 32.5 Å². The van der Waals surface area contributed by atoms with Gasteiger partial charge in [0.15, 0.2) is 0 Å². The van der Waals surface area contributed by atoms with Crippen LogP contribution >= 0.6 is 15.9 Å². The summed E-state index contributed by atoms with van der Waals surface area (Å²) in [6, 6.07) is 6.50. The molecule has 0 spiro atoms. The molecule has 1 aromatic heterocycles. The van der Waals surface area contributed by atoms with Crippen molar-refractivity contribution in [1.29, 1.82) is 0 Å². The van der Waals surface area contributed by atoms with E-state index >= 15 is 0 Å². The van der Waals surface area contributed by atoms with Crippen molar-refractivity contribution < 1.29 is 0 Å². The summed E-state index contributed by atoms with van der Waals surface area (Å²) in [6.45, 7) is 5.37. The van der Waals surface area contributed by atoms with Gasteiger partial charge in [0.05, 0.1) is 4.47 Å². The molecule has 19 heavy (non-hydrogen) atoms. The van der Waals surface area contributed by atoms with Crippen LogP contribution in [0.1, 0.15) is 5.56 Å². The van der Waals surface area contributed by atoms with Crippen molar-refractivity contribution in [1.82, 2.24) is 15.2 Å². The van der Waals surface area contributed by atoms with E-state index in [1.165, 1.54) is 5.56 Å². The molecule has 1 aliphatic heterocycles. The number of piperazine rings is 1. The number of pyridine rings is 1. The molecule has 3 N–H and O–H groups in total. The van der Waals surface area contributed by atoms with Crippen LogP contribution in [0.15, 0.2) is 28.9 Å². The molecule has 0 bridgehead atoms. The minimum absolute atomic E-state index is 0.548. The predicted molar refractivity (Wildman–Crippen MR) is 82.0 cm³/mol. The van der Waals surface area contributed by atoms with E-state index in [-0.39, 0.29) is 0 Å². The van der Waals surface area contributed by atoms with Crippen LogP contribution in [-0.2, 0) is 6.54 Å². The van der Waals surface area contributed by atoms with E-state index in [1.807, 2.05) is 6.20 Å². The Bertz CT molecular complexity index is 593. The van der Waals surface area contributed by atoms with Crippen molar-refractivity contribution in [3.63, 3.8) is 0 Å². The van der Waals surface area contributed by atoms with Crippen LogP contribution in [0.25, 0.3) is 10.8 Å². The maximum absolute atomic E-state index is 5.84. The lowest BCUT2D eigenvalue weighted by atomic mass is 10.1. The van der Waals surface area contributed by atoms with Gasteiger partial charge < -0.3 is 11.1 Å². The number of rotatable bonds is 2. The summed E-state index contributed by atoms with van der Waals surface area (Å²) in [5, 5.41) is 5.63. The van der Waals surface area contributed by atoms with Crippen LogP contribution in [-0.4, -0.2) is 36.1 Å². The van der Waals surface area contributed by atoms with E-state index in [9.17, 15) is 0 Å². The van der Waals surface area contributed by atoms with E-state index < -0.39 is 0 Å². The first-order chi connectivity index (χ1) is 9.24. The third-order valence-corrected chi connectivity index (χ3v) is 4.37. The number of nitrogens with two attached hydrogens (primary N) is 1. The Kier molecular flexibility index (Phi) is 3.68. The monoisotopic (exact) mass is 320 g/mol. The molecular weight excluding hydrogens is 304 g/mol. The summed E-state index contributed by atoms with van der Waals surface area (Å²) >= 11 is 3.53. The number of benzene rings is 1. The van der Waals surface area contributed by atoms with Crippen molar-refractivity contribution in [2.45, 2.75) is 6.54 Å². The zero-order valence-corrected chi connectivity index (χ0v) is 12.3. The normalized spacial score (nSPS) is 16.9. The van der Waals surface area contributed by atoms with Gasteiger partial charge in [-0.05, 0) is 27.6 Å². The minimum Gasteiger partial charge on any atom is -0.383 e. The third-order valence-electron chi connectivity index (χ3n) is 3.54. The Morgan fingerprint density at radius 2 is 2.11 bits per heavy atom. The Morgan fingerprint density at radius 3 is 2.89 bits per heavy atom. The standard InChI is InChI=1S/C14H17BrN4/c15-13-12-7-10(9-19-5-3-17-4-6-19)1-2-11(12)8-18-14(13)16/h1-2,7-8,17H,3-6,9H2,(H2,16,18). The van der Waals surface area contributed by atoms with Crippen LogP contribution in [0.3, 0.4) is 0 Å². The summed E-state index contributed by atoms with van der Waals surface area (Å²) in [7, 11) is 0. The highest BCUT2D eigenvalue weighted by Gasteiger charge is 2.11. The average molecular weight is 321 g/mol. The molecule has 2 aromatic rings. The average Bonchev–Trinajstić information content (AvgIpc) is 2.45. The molecule has 1 fully saturated rings. The molecule has 4 nitrogen and oxygen atoms in total. The van der Waals surface area contributed by atoms with Gasteiger partial charge in [-0.15, -0.1) is 0 Å². The quantitative estimate of drug-likeness (QED) is 0.888.